The van der Waals surface area contributed by atoms with Crippen LogP contribution in [0.2, 0.25) is 0 Å². The standard InChI is InChI=1S/C20H18N2O4S2/c1-12(19(24)22-8-9-27-17-5-3-2-4-15(17)22)26-20(25)13-6-7-16-14(10-13)21-18(23)11-28-16/h2-7,10,12H,8-9,11H2,1H3,(H,21,23)/t12-/m0/s1. The number of hydrogen-bond acceptors (Lipinski definition) is 6. The van der Waals surface area contributed by atoms with Crippen LogP contribution in [0.1, 0.15) is 17.3 Å². The van der Waals surface area contributed by atoms with Crippen molar-refractivity contribution in [3.63, 3.8) is 0 Å². The zero-order chi connectivity index (χ0) is 19.7. The van der Waals surface area contributed by atoms with Crippen LogP contribution in [-0.2, 0) is 14.3 Å². The quantitative estimate of drug-likeness (QED) is 0.776. The van der Waals surface area contributed by atoms with E-state index in [0.717, 1.165) is 21.2 Å². The summed E-state index contributed by atoms with van der Waals surface area (Å²) >= 11 is 3.13. The van der Waals surface area contributed by atoms with Gasteiger partial charge in [-0.1, -0.05) is 12.1 Å². The average Bonchev–Trinajstić information content (AvgIpc) is 2.72. The predicted octanol–water partition coefficient (Wildman–Crippen LogP) is 3.42. The molecule has 2 aliphatic rings. The van der Waals surface area contributed by atoms with Gasteiger partial charge in [0.1, 0.15) is 0 Å². The number of esters is 1. The Labute approximate surface area is 171 Å². The number of fused-ring (bicyclic) bond motifs is 2. The number of rotatable bonds is 3. The van der Waals surface area contributed by atoms with E-state index in [2.05, 4.69) is 5.32 Å². The number of benzene rings is 2. The first-order chi connectivity index (χ1) is 13.5. The molecule has 0 spiro atoms. The van der Waals surface area contributed by atoms with Crippen molar-refractivity contribution < 1.29 is 19.1 Å². The molecular formula is C20H18N2O4S2. The number of carbonyl (C=O) groups is 3. The number of thioether (sulfide) groups is 2. The van der Waals surface area contributed by atoms with Crippen molar-refractivity contribution >= 4 is 52.7 Å². The minimum absolute atomic E-state index is 0.104. The molecule has 0 saturated carbocycles. The molecular weight excluding hydrogens is 396 g/mol. The lowest BCUT2D eigenvalue weighted by atomic mass is 10.2. The fraction of sp³-hybridized carbons (Fsp3) is 0.250. The second-order valence-corrected chi connectivity index (χ2v) is 8.56. The van der Waals surface area contributed by atoms with Crippen LogP contribution in [-0.4, -0.2) is 41.9 Å². The Bertz CT molecular complexity index is 963. The van der Waals surface area contributed by atoms with Crippen molar-refractivity contribution in [1.29, 1.82) is 0 Å². The highest BCUT2D eigenvalue weighted by Crippen LogP contribution is 2.35. The molecule has 0 aromatic heterocycles. The lowest BCUT2D eigenvalue weighted by Gasteiger charge is -2.30. The predicted molar refractivity (Wildman–Crippen MR) is 110 cm³/mol. The minimum Gasteiger partial charge on any atom is -0.449 e. The van der Waals surface area contributed by atoms with Crippen LogP contribution in [0, 0.1) is 0 Å². The molecule has 6 nitrogen and oxygen atoms in total. The summed E-state index contributed by atoms with van der Waals surface area (Å²) in [6, 6.07) is 12.7. The van der Waals surface area contributed by atoms with Crippen LogP contribution in [0.3, 0.4) is 0 Å². The molecule has 2 aromatic rings. The van der Waals surface area contributed by atoms with Gasteiger partial charge in [0.25, 0.3) is 5.91 Å². The third-order valence-electron chi connectivity index (χ3n) is 4.47. The zero-order valence-corrected chi connectivity index (χ0v) is 16.8. The van der Waals surface area contributed by atoms with Crippen LogP contribution in [0.4, 0.5) is 11.4 Å². The topological polar surface area (TPSA) is 75.7 Å². The molecule has 4 rings (SSSR count). The van der Waals surface area contributed by atoms with Gasteiger partial charge >= 0.3 is 5.97 Å². The maximum Gasteiger partial charge on any atom is 0.338 e. The number of nitrogens with one attached hydrogen (secondary N) is 1. The van der Waals surface area contributed by atoms with Gasteiger partial charge in [-0.15, -0.1) is 23.5 Å². The van der Waals surface area contributed by atoms with Crippen molar-refractivity contribution in [1.82, 2.24) is 0 Å². The van der Waals surface area contributed by atoms with Gasteiger partial charge in [0.15, 0.2) is 6.10 Å². The molecule has 0 aliphatic carbocycles. The van der Waals surface area contributed by atoms with E-state index in [-0.39, 0.29) is 11.8 Å². The summed E-state index contributed by atoms with van der Waals surface area (Å²) in [6.45, 7) is 2.16. The van der Waals surface area contributed by atoms with Gasteiger partial charge in [0, 0.05) is 22.1 Å². The van der Waals surface area contributed by atoms with Crippen LogP contribution in [0.25, 0.3) is 0 Å². The molecule has 8 heteroatoms. The number of amides is 2. The van der Waals surface area contributed by atoms with E-state index in [1.807, 2.05) is 24.3 Å². The lowest BCUT2D eigenvalue weighted by molar-refractivity contribution is -0.126. The Kier molecular flexibility index (Phi) is 5.32. The van der Waals surface area contributed by atoms with Gasteiger partial charge in [-0.25, -0.2) is 4.79 Å². The SMILES string of the molecule is C[C@H](OC(=O)c1ccc2c(c1)NC(=O)CS2)C(=O)N1CCSc2ccccc21. The highest BCUT2D eigenvalue weighted by atomic mass is 32.2. The van der Waals surface area contributed by atoms with Gasteiger partial charge < -0.3 is 15.0 Å². The number of para-hydroxylation sites is 1. The molecule has 1 atom stereocenters. The molecule has 2 heterocycles. The maximum atomic E-state index is 12.9. The van der Waals surface area contributed by atoms with E-state index in [1.165, 1.54) is 11.8 Å². The summed E-state index contributed by atoms with van der Waals surface area (Å²) in [6.07, 6.45) is -0.913. The smallest absolute Gasteiger partial charge is 0.338 e. The van der Waals surface area contributed by atoms with Crippen molar-refractivity contribution in [2.75, 3.05) is 28.3 Å². The third-order valence-corrected chi connectivity index (χ3v) is 6.59. The first-order valence-corrected chi connectivity index (χ1v) is 10.8. The number of hydrogen-bond donors (Lipinski definition) is 1. The maximum absolute atomic E-state index is 12.9. The Morgan fingerprint density at radius 1 is 1.14 bits per heavy atom. The Balaban J connectivity index is 1.47. The van der Waals surface area contributed by atoms with Gasteiger partial charge in [-0.2, -0.15) is 0 Å². The number of nitrogens with zero attached hydrogens (tertiary/aromatic N) is 1. The van der Waals surface area contributed by atoms with Crippen molar-refractivity contribution in [2.24, 2.45) is 0 Å². The van der Waals surface area contributed by atoms with Crippen LogP contribution < -0.4 is 10.2 Å². The van der Waals surface area contributed by atoms with E-state index in [1.54, 1.807) is 41.8 Å². The first kappa shape index (κ1) is 18.9. The van der Waals surface area contributed by atoms with E-state index in [0.29, 0.717) is 23.5 Å². The summed E-state index contributed by atoms with van der Waals surface area (Å²) in [5.41, 5.74) is 1.74. The van der Waals surface area contributed by atoms with Gasteiger partial charge in [0.05, 0.1) is 22.7 Å². The summed E-state index contributed by atoms with van der Waals surface area (Å²) in [5, 5.41) is 2.75. The molecule has 2 aromatic carbocycles. The Morgan fingerprint density at radius 3 is 2.82 bits per heavy atom. The van der Waals surface area contributed by atoms with E-state index >= 15 is 0 Å². The fourth-order valence-corrected chi connectivity index (χ4v) is 4.89. The molecule has 2 aliphatic heterocycles. The Morgan fingerprint density at radius 2 is 1.96 bits per heavy atom. The Hall–Kier alpha value is -2.45. The van der Waals surface area contributed by atoms with Crippen LogP contribution >= 0.6 is 23.5 Å². The van der Waals surface area contributed by atoms with Crippen LogP contribution in [0.5, 0.6) is 0 Å². The van der Waals surface area contributed by atoms with Crippen molar-refractivity contribution in [3.8, 4) is 0 Å². The summed E-state index contributed by atoms with van der Waals surface area (Å²) < 4.78 is 5.43. The molecule has 0 fully saturated rings. The molecule has 144 valence electrons. The minimum atomic E-state index is -0.913. The third kappa shape index (κ3) is 3.74. The number of ether oxygens (including phenoxy) is 1. The van der Waals surface area contributed by atoms with E-state index < -0.39 is 12.1 Å². The van der Waals surface area contributed by atoms with Gasteiger partial charge in [-0.3, -0.25) is 9.59 Å². The molecule has 0 saturated heterocycles. The monoisotopic (exact) mass is 414 g/mol. The van der Waals surface area contributed by atoms with Crippen molar-refractivity contribution in [3.05, 3.63) is 48.0 Å². The second kappa shape index (κ2) is 7.89. The number of carbonyl (C=O) groups excluding carboxylic acids is 3. The average molecular weight is 415 g/mol. The summed E-state index contributed by atoms with van der Waals surface area (Å²) in [5.74, 6) is 0.216. The fourth-order valence-electron chi connectivity index (χ4n) is 3.11. The van der Waals surface area contributed by atoms with Gasteiger partial charge in [0.2, 0.25) is 5.91 Å². The van der Waals surface area contributed by atoms with Crippen LogP contribution in [0.15, 0.2) is 52.3 Å². The molecule has 1 N–H and O–H groups in total. The largest absolute Gasteiger partial charge is 0.449 e. The van der Waals surface area contributed by atoms with Crippen molar-refractivity contribution in [2.45, 2.75) is 22.8 Å². The zero-order valence-electron chi connectivity index (χ0n) is 15.1. The molecule has 0 radical (unpaired) electrons. The van der Waals surface area contributed by atoms with Gasteiger partial charge in [-0.05, 0) is 37.3 Å². The summed E-state index contributed by atoms with van der Waals surface area (Å²) in [4.78, 5) is 40.6. The molecule has 2 amide bonds. The highest BCUT2D eigenvalue weighted by Gasteiger charge is 2.29. The first-order valence-electron chi connectivity index (χ1n) is 8.84. The highest BCUT2D eigenvalue weighted by molar-refractivity contribution is 8.00. The molecule has 28 heavy (non-hydrogen) atoms. The molecule has 0 bridgehead atoms. The number of anilines is 2. The molecule has 0 unspecified atom stereocenters. The lowest BCUT2D eigenvalue weighted by Crippen LogP contribution is -2.42. The second-order valence-electron chi connectivity index (χ2n) is 6.40. The van der Waals surface area contributed by atoms with E-state index in [9.17, 15) is 14.4 Å². The van der Waals surface area contributed by atoms with E-state index in [4.69, 9.17) is 4.74 Å². The normalized spacial score (nSPS) is 16.5. The summed E-state index contributed by atoms with van der Waals surface area (Å²) in [7, 11) is 0.